The maximum Gasteiger partial charge on any atom is 0.330 e. The monoisotopic (exact) mass is 518 g/mol. The largest absolute Gasteiger partial charge is 0.463 e. The molecule has 0 saturated carbocycles. The summed E-state index contributed by atoms with van der Waals surface area (Å²) < 4.78 is 36.8. The molecule has 212 valence electrons. The Labute approximate surface area is 218 Å². The van der Waals surface area contributed by atoms with E-state index in [0.29, 0.717) is 72.5 Å². The van der Waals surface area contributed by atoms with Crippen molar-refractivity contribution in [3.8, 4) is 0 Å². The molecule has 36 heavy (non-hydrogen) atoms. The standard InChI is InChI=1S/C27H50O9/c1-3-5-6-7-8-9-10-11-12-13-27(29)36-25-23-34-21-19-32-17-15-30-14-16-31-18-20-33-22-24-35-26(28)4-2/h4H,2-3,5-25H2,1H3. The van der Waals surface area contributed by atoms with E-state index in [1.54, 1.807) is 0 Å². The van der Waals surface area contributed by atoms with Crippen LogP contribution in [0, 0.1) is 0 Å². The summed E-state index contributed by atoms with van der Waals surface area (Å²) in [5, 5.41) is 0. The molecule has 0 atom stereocenters. The van der Waals surface area contributed by atoms with Gasteiger partial charge in [0.05, 0.1) is 66.1 Å². The smallest absolute Gasteiger partial charge is 0.330 e. The fraction of sp³-hybridized carbons (Fsp3) is 0.852. The SMILES string of the molecule is C=CC(=O)OCCOCCOCCOCCOCCOCCOC(=O)CCCCCCCCCCC. The van der Waals surface area contributed by atoms with E-state index in [1.807, 2.05) is 0 Å². The highest BCUT2D eigenvalue weighted by Crippen LogP contribution is 2.10. The van der Waals surface area contributed by atoms with Crippen LogP contribution >= 0.6 is 0 Å². The van der Waals surface area contributed by atoms with Crippen molar-refractivity contribution in [2.24, 2.45) is 0 Å². The number of ether oxygens (including phenoxy) is 7. The van der Waals surface area contributed by atoms with Crippen LogP contribution in [-0.2, 0) is 42.7 Å². The van der Waals surface area contributed by atoms with E-state index in [9.17, 15) is 9.59 Å². The molecule has 0 rings (SSSR count). The Hall–Kier alpha value is -1.52. The first-order valence-corrected chi connectivity index (χ1v) is 13.5. The van der Waals surface area contributed by atoms with Crippen LogP contribution in [0.3, 0.4) is 0 Å². The van der Waals surface area contributed by atoms with Crippen LogP contribution in [0.5, 0.6) is 0 Å². The van der Waals surface area contributed by atoms with Crippen molar-refractivity contribution in [2.75, 3.05) is 79.3 Å². The lowest BCUT2D eigenvalue weighted by molar-refractivity contribution is -0.145. The first kappa shape index (κ1) is 34.5. The molecule has 0 aliphatic carbocycles. The van der Waals surface area contributed by atoms with Gasteiger partial charge in [-0.2, -0.15) is 0 Å². The number of hydrogen-bond donors (Lipinski definition) is 0. The summed E-state index contributed by atoms with van der Waals surface area (Å²) in [6.07, 6.45) is 12.7. The molecule has 0 N–H and O–H groups in total. The second kappa shape index (κ2) is 29.7. The lowest BCUT2D eigenvalue weighted by Gasteiger charge is -2.08. The Kier molecular flexibility index (Phi) is 28.5. The highest BCUT2D eigenvalue weighted by atomic mass is 16.6. The second-order valence-electron chi connectivity index (χ2n) is 8.23. The van der Waals surface area contributed by atoms with Gasteiger partial charge in [-0.3, -0.25) is 4.79 Å². The van der Waals surface area contributed by atoms with Crippen LogP contribution in [-0.4, -0.2) is 91.2 Å². The molecule has 0 radical (unpaired) electrons. The first-order chi connectivity index (χ1) is 17.7. The van der Waals surface area contributed by atoms with Crippen molar-refractivity contribution in [1.82, 2.24) is 0 Å². The Balaban J connectivity index is 3.15. The zero-order valence-corrected chi connectivity index (χ0v) is 22.5. The average Bonchev–Trinajstić information content (AvgIpc) is 2.88. The Morgan fingerprint density at radius 2 is 0.889 bits per heavy atom. The van der Waals surface area contributed by atoms with E-state index >= 15 is 0 Å². The lowest BCUT2D eigenvalue weighted by atomic mass is 10.1. The Morgan fingerprint density at radius 1 is 0.528 bits per heavy atom. The number of hydrogen-bond acceptors (Lipinski definition) is 9. The minimum atomic E-state index is -0.458. The first-order valence-electron chi connectivity index (χ1n) is 13.5. The summed E-state index contributed by atoms with van der Waals surface area (Å²) in [7, 11) is 0. The molecule has 0 aromatic heterocycles. The number of esters is 2. The predicted molar refractivity (Wildman–Crippen MR) is 138 cm³/mol. The summed E-state index contributed by atoms with van der Waals surface area (Å²) in [5.41, 5.74) is 0. The van der Waals surface area contributed by atoms with E-state index in [-0.39, 0.29) is 19.2 Å². The molecule has 0 aliphatic rings. The van der Waals surface area contributed by atoms with Gasteiger partial charge in [-0.15, -0.1) is 0 Å². The van der Waals surface area contributed by atoms with Crippen molar-refractivity contribution in [3.63, 3.8) is 0 Å². The van der Waals surface area contributed by atoms with E-state index < -0.39 is 5.97 Å². The van der Waals surface area contributed by atoms with Gasteiger partial charge in [0, 0.05) is 12.5 Å². The van der Waals surface area contributed by atoms with E-state index in [4.69, 9.17) is 33.2 Å². The molecule has 0 saturated heterocycles. The van der Waals surface area contributed by atoms with Gasteiger partial charge in [0.1, 0.15) is 13.2 Å². The van der Waals surface area contributed by atoms with Gasteiger partial charge >= 0.3 is 11.9 Å². The van der Waals surface area contributed by atoms with Crippen LogP contribution in [0.1, 0.15) is 71.1 Å². The minimum Gasteiger partial charge on any atom is -0.463 e. The maximum absolute atomic E-state index is 11.7. The van der Waals surface area contributed by atoms with Gasteiger partial charge < -0.3 is 33.2 Å². The fourth-order valence-electron chi connectivity index (χ4n) is 3.11. The van der Waals surface area contributed by atoms with Gasteiger partial charge in [-0.25, -0.2) is 4.79 Å². The molecule has 0 aliphatic heterocycles. The van der Waals surface area contributed by atoms with Crippen LogP contribution < -0.4 is 0 Å². The second-order valence-corrected chi connectivity index (χ2v) is 8.23. The molecule has 0 heterocycles. The van der Waals surface area contributed by atoms with Gasteiger partial charge in [0.25, 0.3) is 0 Å². The molecule has 0 spiro atoms. The van der Waals surface area contributed by atoms with Gasteiger partial charge in [0.2, 0.25) is 0 Å². The lowest BCUT2D eigenvalue weighted by Crippen LogP contribution is -2.15. The number of carbonyl (C=O) groups is 2. The average molecular weight is 519 g/mol. The van der Waals surface area contributed by atoms with Crippen LogP contribution in [0.25, 0.3) is 0 Å². The van der Waals surface area contributed by atoms with Gasteiger partial charge in [-0.1, -0.05) is 64.9 Å². The quantitative estimate of drug-likeness (QED) is 0.0817. The summed E-state index contributed by atoms with van der Waals surface area (Å²) >= 11 is 0. The number of unbranched alkanes of at least 4 members (excludes halogenated alkanes) is 8. The van der Waals surface area contributed by atoms with Crippen molar-refractivity contribution < 1.29 is 42.7 Å². The fourth-order valence-corrected chi connectivity index (χ4v) is 3.11. The number of carbonyl (C=O) groups excluding carboxylic acids is 2. The Bertz CT molecular complexity index is 500. The maximum atomic E-state index is 11.7. The highest BCUT2D eigenvalue weighted by molar-refractivity contribution is 5.81. The Morgan fingerprint density at radius 3 is 1.31 bits per heavy atom. The molecular weight excluding hydrogens is 468 g/mol. The van der Waals surface area contributed by atoms with Crippen LogP contribution in [0.2, 0.25) is 0 Å². The van der Waals surface area contributed by atoms with E-state index in [2.05, 4.69) is 13.5 Å². The molecule has 0 aromatic rings. The zero-order valence-electron chi connectivity index (χ0n) is 22.5. The highest BCUT2D eigenvalue weighted by Gasteiger charge is 2.02. The summed E-state index contributed by atoms with van der Waals surface area (Å²) in [6, 6.07) is 0. The zero-order chi connectivity index (χ0) is 26.4. The summed E-state index contributed by atoms with van der Waals surface area (Å²) in [6.45, 7) is 10.4. The summed E-state index contributed by atoms with van der Waals surface area (Å²) in [4.78, 5) is 22.5. The third kappa shape index (κ3) is 28.7. The molecule has 0 bridgehead atoms. The van der Waals surface area contributed by atoms with Crippen molar-refractivity contribution in [2.45, 2.75) is 71.1 Å². The predicted octanol–water partition coefficient (Wildman–Crippen LogP) is 4.26. The number of rotatable bonds is 29. The van der Waals surface area contributed by atoms with Crippen molar-refractivity contribution in [3.05, 3.63) is 12.7 Å². The summed E-state index contributed by atoms with van der Waals surface area (Å²) in [5.74, 6) is -0.598. The molecule has 0 aromatic carbocycles. The van der Waals surface area contributed by atoms with E-state index in [1.165, 1.54) is 44.9 Å². The molecule has 9 heteroatoms. The molecule has 9 nitrogen and oxygen atoms in total. The van der Waals surface area contributed by atoms with Crippen LogP contribution in [0.15, 0.2) is 12.7 Å². The molecule has 0 amide bonds. The third-order valence-corrected chi connectivity index (χ3v) is 5.10. The normalized spacial score (nSPS) is 10.9. The van der Waals surface area contributed by atoms with E-state index in [0.717, 1.165) is 18.9 Å². The van der Waals surface area contributed by atoms with Gasteiger partial charge in [0.15, 0.2) is 0 Å². The van der Waals surface area contributed by atoms with Gasteiger partial charge in [-0.05, 0) is 6.42 Å². The minimum absolute atomic E-state index is 0.141. The van der Waals surface area contributed by atoms with Crippen LogP contribution in [0.4, 0.5) is 0 Å². The molecule has 0 fully saturated rings. The third-order valence-electron chi connectivity index (χ3n) is 5.10. The van der Waals surface area contributed by atoms with Crippen molar-refractivity contribution >= 4 is 11.9 Å². The van der Waals surface area contributed by atoms with Crippen molar-refractivity contribution in [1.29, 1.82) is 0 Å². The topological polar surface area (TPSA) is 98.8 Å². The molecular formula is C27H50O9. The molecule has 0 unspecified atom stereocenters.